The molecule has 6 heteroatoms. The summed E-state index contributed by atoms with van der Waals surface area (Å²) in [6.45, 7) is 5.09. The largest absolute Gasteiger partial charge is 0.353 e. The molecule has 0 atom stereocenters. The third-order valence-electron chi connectivity index (χ3n) is 3.89. The Labute approximate surface area is 131 Å². The molecular formula is C15H26N4OS. The molecule has 5 nitrogen and oxygen atoms in total. The fraction of sp³-hybridized carbons (Fsp3) is 0.800. The number of hydrogen-bond acceptors (Lipinski definition) is 4. The van der Waals surface area contributed by atoms with E-state index in [0.29, 0.717) is 11.8 Å². The van der Waals surface area contributed by atoms with Crippen molar-refractivity contribution in [2.75, 3.05) is 5.75 Å². The minimum atomic E-state index is 0.120. The highest BCUT2D eigenvalue weighted by atomic mass is 32.2. The SMILES string of the molecule is CCCc1nnc(SCC(=O)NC2CCCCC2)n1CC. The van der Waals surface area contributed by atoms with E-state index >= 15 is 0 Å². The molecule has 2 rings (SSSR count). The lowest BCUT2D eigenvalue weighted by molar-refractivity contribution is -0.119. The van der Waals surface area contributed by atoms with Crippen molar-refractivity contribution in [1.29, 1.82) is 0 Å². The summed E-state index contributed by atoms with van der Waals surface area (Å²) >= 11 is 1.49. The predicted octanol–water partition coefficient (Wildman–Crippen LogP) is 2.79. The van der Waals surface area contributed by atoms with E-state index in [1.54, 1.807) is 0 Å². The molecule has 1 saturated carbocycles. The van der Waals surface area contributed by atoms with Crippen LogP contribution in [0, 0.1) is 0 Å². The molecule has 0 radical (unpaired) electrons. The number of amides is 1. The van der Waals surface area contributed by atoms with Gasteiger partial charge in [-0.3, -0.25) is 4.79 Å². The first-order valence-corrected chi connectivity index (χ1v) is 9.07. The summed E-state index contributed by atoms with van der Waals surface area (Å²) in [6.07, 6.45) is 8.04. The van der Waals surface area contributed by atoms with Gasteiger partial charge in [-0.2, -0.15) is 0 Å². The van der Waals surface area contributed by atoms with E-state index in [4.69, 9.17) is 0 Å². The smallest absolute Gasteiger partial charge is 0.230 e. The van der Waals surface area contributed by atoms with Crippen LogP contribution in [0.25, 0.3) is 0 Å². The molecule has 21 heavy (non-hydrogen) atoms. The maximum Gasteiger partial charge on any atom is 0.230 e. The first kappa shape index (κ1) is 16.3. The van der Waals surface area contributed by atoms with E-state index in [0.717, 1.165) is 43.2 Å². The maximum atomic E-state index is 12.0. The van der Waals surface area contributed by atoms with Crippen molar-refractivity contribution in [3.05, 3.63) is 5.82 Å². The van der Waals surface area contributed by atoms with Crippen molar-refractivity contribution < 1.29 is 4.79 Å². The normalized spacial score (nSPS) is 16.1. The summed E-state index contributed by atoms with van der Waals surface area (Å²) in [7, 11) is 0. The molecule has 1 N–H and O–H groups in total. The lowest BCUT2D eigenvalue weighted by Crippen LogP contribution is -2.37. The zero-order chi connectivity index (χ0) is 15.1. The van der Waals surface area contributed by atoms with Crippen LogP contribution in [0.4, 0.5) is 0 Å². The Kier molecular flexibility index (Phi) is 6.54. The van der Waals surface area contributed by atoms with Gasteiger partial charge >= 0.3 is 0 Å². The molecule has 0 unspecified atom stereocenters. The zero-order valence-corrected chi connectivity index (χ0v) is 13.9. The molecule has 1 amide bonds. The van der Waals surface area contributed by atoms with Crippen molar-refractivity contribution in [3.63, 3.8) is 0 Å². The van der Waals surface area contributed by atoms with E-state index in [-0.39, 0.29) is 5.91 Å². The van der Waals surface area contributed by atoms with Gasteiger partial charge in [-0.25, -0.2) is 0 Å². The monoisotopic (exact) mass is 310 g/mol. The predicted molar refractivity (Wildman–Crippen MR) is 85.4 cm³/mol. The number of nitrogens with zero attached hydrogens (tertiary/aromatic N) is 3. The van der Waals surface area contributed by atoms with Gasteiger partial charge in [-0.1, -0.05) is 37.9 Å². The lowest BCUT2D eigenvalue weighted by Gasteiger charge is -2.22. The Morgan fingerprint density at radius 2 is 2.05 bits per heavy atom. The van der Waals surface area contributed by atoms with E-state index in [9.17, 15) is 4.79 Å². The van der Waals surface area contributed by atoms with Gasteiger partial charge in [0.05, 0.1) is 5.75 Å². The molecule has 0 bridgehead atoms. The average Bonchev–Trinajstić information content (AvgIpc) is 2.88. The van der Waals surface area contributed by atoms with Crippen LogP contribution < -0.4 is 5.32 Å². The zero-order valence-electron chi connectivity index (χ0n) is 13.1. The van der Waals surface area contributed by atoms with Crippen LogP contribution in [0.15, 0.2) is 5.16 Å². The Hall–Kier alpha value is -1.04. The van der Waals surface area contributed by atoms with Crippen molar-refractivity contribution in [2.24, 2.45) is 0 Å². The van der Waals surface area contributed by atoms with Gasteiger partial charge in [0, 0.05) is 19.0 Å². The first-order valence-electron chi connectivity index (χ1n) is 8.08. The Morgan fingerprint density at radius 1 is 1.29 bits per heavy atom. The molecule has 1 aliphatic rings. The molecule has 0 aliphatic heterocycles. The molecule has 1 heterocycles. The van der Waals surface area contributed by atoms with E-state index in [1.165, 1.54) is 31.0 Å². The minimum absolute atomic E-state index is 0.120. The Balaban J connectivity index is 1.83. The van der Waals surface area contributed by atoms with Gasteiger partial charge in [-0.15, -0.1) is 10.2 Å². The van der Waals surface area contributed by atoms with Crippen LogP contribution in [0.1, 0.15) is 58.2 Å². The molecule has 1 aliphatic carbocycles. The van der Waals surface area contributed by atoms with Crippen LogP contribution >= 0.6 is 11.8 Å². The van der Waals surface area contributed by atoms with Crippen LogP contribution in [0.5, 0.6) is 0 Å². The van der Waals surface area contributed by atoms with Crippen molar-refractivity contribution in [2.45, 2.75) is 76.5 Å². The van der Waals surface area contributed by atoms with Gasteiger partial charge < -0.3 is 9.88 Å². The molecule has 1 aromatic rings. The van der Waals surface area contributed by atoms with Crippen molar-refractivity contribution >= 4 is 17.7 Å². The lowest BCUT2D eigenvalue weighted by atomic mass is 9.95. The van der Waals surface area contributed by atoms with E-state index in [1.807, 2.05) is 0 Å². The second-order valence-electron chi connectivity index (χ2n) is 5.58. The number of rotatable bonds is 7. The highest BCUT2D eigenvalue weighted by Gasteiger charge is 2.17. The molecule has 1 fully saturated rings. The number of carbonyl (C=O) groups is 1. The third-order valence-corrected chi connectivity index (χ3v) is 4.85. The Morgan fingerprint density at radius 3 is 2.71 bits per heavy atom. The topological polar surface area (TPSA) is 59.8 Å². The average molecular weight is 310 g/mol. The summed E-state index contributed by atoms with van der Waals surface area (Å²) in [6, 6.07) is 0.381. The molecule has 1 aromatic heterocycles. The van der Waals surface area contributed by atoms with Crippen molar-refractivity contribution in [1.82, 2.24) is 20.1 Å². The fourth-order valence-electron chi connectivity index (χ4n) is 2.80. The quantitative estimate of drug-likeness (QED) is 0.787. The Bertz CT molecular complexity index is 455. The summed E-state index contributed by atoms with van der Waals surface area (Å²) in [5.74, 6) is 1.57. The summed E-state index contributed by atoms with van der Waals surface area (Å²) in [5, 5.41) is 12.5. The van der Waals surface area contributed by atoms with Gasteiger partial charge in [-0.05, 0) is 26.2 Å². The number of carbonyl (C=O) groups excluding carboxylic acids is 1. The molecule has 0 spiro atoms. The highest BCUT2D eigenvalue weighted by molar-refractivity contribution is 7.99. The second kappa shape index (κ2) is 8.41. The number of hydrogen-bond donors (Lipinski definition) is 1. The number of nitrogens with one attached hydrogen (secondary N) is 1. The van der Waals surface area contributed by atoms with Crippen LogP contribution in [-0.4, -0.2) is 32.5 Å². The highest BCUT2D eigenvalue weighted by Crippen LogP contribution is 2.19. The summed E-state index contributed by atoms with van der Waals surface area (Å²) in [4.78, 5) is 12.0. The number of aryl methyl sites for hydroxylation is 1. The molecular weight excluding hydrogens is 284 g/mol. The maximum absolute atomic E-state index is 12.0. The number of aromatic nitrogens is 3. The molecule has 0 saturated heterocycles. The van der Waals surface area contributed by atoms with Gasteiger partial charge in [0.15, 0.2) is 5.16 Å². The van der Waals surface area contributed by atoms with Gasteiger partial charge in [0.1, 0.15) is 5.82 Å². The van der Waals surface area contributed by atoms with Crippen molar-refractivity contribution in [3.8, 4) is 0 Å². The van der Waals surface area contributed by atoms with E-state index in [2.05, 4.69) is 33.9 Å². The molecule has 0 aromatic carbocycles. The van der Waals surface area contributed by atoms with Crippen LogP contribution in [-0.2, 0) is 17.8 Å². The van der Waals surface area contributed by atoms with Gasteiger partial charge in [0.25, 0.3) is 0 Å². The first-order chi connectivity index (χ1) is 10.2. The van der Waals surface area contributed by atoms with Crippen LogP contribution in [0.3, 0.4) is 0 Å². The van der Waals surface area contributed by atoms with Crippen LogP contribution in [0.2, 0.25) is 0 Å². The van der Waals surface area contributed by atoms with E-state index < -0.39 is 0 Å². The fourth-order valence-corrected chi connectivity index (χ4v) is 3.63. The second-order valence-corrected chi connectivity index (χ2v) is 6.53. The number of thioether (sulfide) groups is 1. The third kappa shape index (κ3) is 4.73. The standard InChI is InChI=1S/C15H26N4OS/c1-3-8-13-17-18-15(19(13)4-2)21-11-14(20)16-12-9-6-5-7-10-12/h12H,3-11H2,1-2H3,(H,16,20). The van der Waals surface area contributed by atoms with Gasteiger partial charge in [0.2, 0.25) is 5.91 Å². The molecule has 118 valence electrons. The summed E-state index contributed by atoms with van der Waals surface area (Å²) in [5.41, 5.74) is 0. The summed E-state index contributed by atoms with van der Waals surface area (Å²) < 4.78 is 2.11. The minimum Gasteiger partial charge on any atom is -0.353 e.